The molecule has 3 rings (SSSR count). The van der Waals surface area contributed by atoms with Gasteiger partial charge in [-0.2, -0.15) is 0 Å². The van der Waals surface area contributed by atoms with Crippen LogP contribution in [0.1, 0.15) is 50.3 Å². The lowest BCUT2D eigenvalue weighted by Crippen LogP contribution is -2.50. The van der Waals surface area contributed by atoms with Gasteiger partial charge >= 0.3 is 12.1 Å². The van der Waals surface area contributed by atoms with Crippen LogP contribution in [0, 0.1) is 18.8 Å². The van der Waals surface area contributed by atoms with Gasteiger partial charge in [0.25, 0.3) is 0 Å². The minimum atomic E-state index is -1.63. The van der Waals surface area contributed by atoms with Gasteiger partial charge in [-0.15, -0.1) is 0 Å². The normalized spacial score (nSPS) is 16.1. The zero-order valence-corrected chi connectivity index (χ0v) is 27.5. The van der Waals surface area contributed by atoms with E-state index in [4.69, 9.17) is 24.1 Å². The van der Waals surface area contributed by atoms with Gasteiger partial charge in [0.15, 0.2) is 17.7 Å². The summed E-state index contributed by atoms with van der Waals surface area (Å²) in [4.78, 5) is 68.2. The minimum absolute atomic E-state index is 0.0117. The maximum absolute atomic E-state index is 14.2. The van der Waals surface area contributed by atoms with Gasteiger partial charge in [0, 0.05) is 25.5 Å². The van der Waals surface area contributed by atoms with Crippen molar-refractivity contribution < 1.29 is 48.0 Å². The summed E-state index contributed by atoms with van der Waals surface area (Å²) in [7, 11) is 0. The fraction of sp³-hybridized carbons (Fsp3) is 0.472. The molecule has 254 valence electrons. The van der Waals surface area contributed by atoms with Gasteiger partial charge < -0.3 is 24.1 Å². The van der Waals surface area contributed by atoms with Crippen LogP contribution in [0.5, 0.6) is 0 Å². The predicted molar refractivity (Wildman–Crippen MR) is 173 cm³/mol. The number of esters is 1. The van der Waals surface area contributed by atoms with Gasteiger partial charge in [0.05, 0.1) is 38.4 Å². The number of hydrogen-bond donors (Lipinski definition) is 1. The molecule has 1 aliphatic heterocycles. The Hall–Kier alpha value is -4.19. The van der Waals surface area contributed by atoms with Crippen LogP contribution in [0.2, 0.25) is 0 Å². The van der Waals surface area contributed by atoms with Crippen LogP contribution in [-0.4, -0.2) is 91.3 Å². The van der Waals surface area contributed by atoms with E-state index in [1.165, 1.54) is 0 Å². The van der Waals surface area contributed by atoms with Gasteiger partial charge in [-0.1, -0.05) is 74.0 Å². The topological polar surface area (TPSA) is 146 Å². The molecular formula is C36H45NO10. The van der Waals surface area contributed by atoms with Crippen LogP contribution in [0.3, 0.4) is 0 Å². The fourth-order valence-corrected chi connectivity index (χ4v) is 5.29. The van der Waals surface area contributed by atoms with Crippen molar-refractivity contribution in [2.75, 3.05) is 39.6 Å². The van der Waals surface area contributed by atoms with Gasteiger partial charge in [-0.25, -0.2) is 9.69 Å². The van der Waals surface area contributed by atoms with Crippen molar-refractivity contribution in [3.8, 4) is 0 Å². The molecule has 11 heteroatoms. The standard InChI is InChI=1S/C36H45NO10/c1-24(2)31-23-46-36(43)37(31)35(42)30(21-27-11-6-5-7-12-27)34(47-26(4)39)33(41)22-29(28-13-8-10-25(3)20-28)32(40)14-9-16-44-18-19-45-17-15-38/h5-8,10-13,20,22,24,30-31,34,38H,9,14-19,21,23H2,1-4H3/t30-,31+,34-/m0/s1. The SMILES string of the molecule is CC(=O)O[C@H](C(=O)C=C(C(=O)CCCOCCOCCO)c1cccc(C)c1)[C@H](Cc1ccccc1)C(=O)N1C(=O)OC[C@@H]1C(C)C. The van der Waals surface area contributed by atoms with Crippen molar-refractivity contribution in [3.63, 3.8) is 0 Å². The number of ketones is 2. The fourth-order valence-electron chi connectivity index (χ4n) is 5.29. The lowest BCUT2D eigenvalue weighted by Gasteiger charge is -2.30. The van der Waals surface area contributed by atoms with Gasteiger partial charge in [0.2, 0.25) is 5.91 Å². The molecule has 0 radical (unpaired) electrons. The molecule has 2 aromatic carbocycles. The highest BCUT2D eigenvalue weighted by Gasteiger charge is 2.46. The van der Waals surface area contributed by atoms with Crippen molar-refractivity contribution >= 4 is 35.1 Å². The Kier molecular flexibility index (Phi) is 14.9. The van der Waals surface area contributed by atoms with Gasteiger partial charge in [0.1, 0.15) is 6.61 Å². The number of aliphatic hydroxyl groups is 1. The second-order valence-corrected chi connectivity index (χ2v) is 11.7. The Labute approximate surface area is 275 Å². The van der Waals surface area contributed by atoms with E-state index in [9.17, 15) is 24.0 Å². The monoisotopic (exact) mass is 651 g/mol. The van der Waals surface area contributed by atoms with Crippen LogP contribution in [0.4, 0.5) is 4.79 Å². The van der Waals surface area contributed by atoms with Crippen molar-refractivity contribution in [2.24, 2.45) is 11.8 Å². The number of cyclic esters (lactones) is 1. The van der Waals surface area contributed by atoms with E-state index in [-0.39, 0.29) is 56.5 Å². The molecule has 0 unspecified atom stereocenters. The number of aliphatic hydroxyl groups excluding tert-OH is 1. The average molecular weight is 652 g/mol. The molecule has 1 aliphatic rings. The highest BCUT2D eigenvalue weighted by atomic mass is 16.6. The number of benzene rings is 2. The molecular weight excluding hydrogens is 606 g/mol. The molecule has 1 saturated heterocycles. The Morgan fingerprint density at radius 1 is 1.00 bits per heavy atom. The first-order chi connectivity index (χ1) is 22.5. The van der Waals surface area contributed by atoms with Crippen molar-refractivity contribution in [2.45, 2.75) is 59.1 Å². The second-order valence-electron chi connectivity index (χ2n) is 11.7. The maximum atomic E-state index is 14.2. The molecule has 1 fully saturated rings. The molecule has 2 aromatic rings. The van der Waals surface area contributed by atoms with Crippen molar-refractivity contribution in [1.29, 1.82) is 0 Å². The first-order valence-corrected chi connectivity index (χ1v) is 15.9. The van der Waals surface area contributed by atoms with E-state index >= 15 is 0 Å². The number of allylic oxidation sites excluding steroid dienone is 1. The van der Waals surface area contributed by atoms with Crippen molar-refractivity contribution in [3.05, 3.63) is 77.4 Å². The molecule has 1 heterocycles. The van der Waals surface area contributed by atoms with Crippen LogP contribution in [-0.2, 0) is 44.5 Å². The van der Waals surface area contributed by atoms with E-state index in [1.54, 1.807) is 48.5 Å². The van der Waals surface area contributed by atoms with Crippen molar-refractivity contribution in [1.82, 2.24) is 4.90 Å². The Bertz CT molecular complexity index is 1400. The summed E-state index contributed by atoms with van der Waals surface area (Å²) in [5.41, 5.74) is 2.15. The molecule has 0 bridgehead atoms. The van der Waals surface area contributed by atoms with Crippen LogP contribution in [0.15, 0.2) is 60.7 Å². The minimum Gasteiger partial charge on any atom is -0.453 e. The summed E-state index contributed by atoms with van der Waals surface area (Å²) >= 11 is 0. The summed E-state index contributed by atoms with van der Waals surface area (Å²) in [5.74, 6) is -4.01. The first-order valence-electron chi connectivity index (χ1n) is 15.9. The quantitative estimate of drug-likeness (QED) is 0.134. The third-order valence-corrected chi connectivity index (χ3v) is 7.68. The number of nitrogens with zero attached hydrogens (tertiary/aromatic N) is 1. The number of Topliss-reactive ketones (excluding diaryl/α,β-unsaturated/α-hetero) is 1. The highest BCUT2D eigenvalue weighted by Crippen LogP contribution is 2.28. The number of amides is 2. The highest BCUT2D eigenvalue weighted by molar-refractivity contribution is 6.25. The molecule has 3 atom stereocenters. The number of ether oxygens (including phenoxy) is 4. The van der Waals surface area contributed by atoms with E-state index < -0.39 is 41.8 Å². The maximum Gasteiger partial charge on any atom is 0.416 e. The summed E-state index contributed by atoms with van der Waals surface area (Å²) in [6.45, 7) is 7.73. The zero-order valence-electron chi connectivity index (χ0n) is 27.5. The number of rotatable bonds is 19. The molecule has 0 saturated carbocycles. The van der Waals surface area contributed by atoms with Gasteiger partial charge in [-0.3, -0.25) is 19.2 Å². The summed E-state index contributed by atoms with van der Waals surface area (Å²) in [6.07, 6.45) is -0.900. The van der Waals surface area contributed by atoms with Crippen LogP contribution in [0.25, 0.3) is 5.57 Å². The first kappa shape index (κ1) is 37.3. The summed E-state index contributed by atoms with van der Waals surface area (Å²) in [5, 5.41) is 8.79. The molecule has 11 nitrogen and oxygen atoms in total. The van der Waals surface area contributed by atoms with E-state index in [0.717, 1.165) is 23.5 Å². The average Bonchev–Trinajstić information content (AvgIpc) is 3.44. The summed E-state index contributed by atoms with van der Waals surface area (Å²) < 4.78 is 21.5. The largest absolute Gasteiger partial charge is 0.453 e. The smallest absolute Gasteiger partial charge is 0.416 e. The molecule has 2 amide bonds. The van der Waals surface area contributed by atoms with E-state index in [1.807, 2.05) is 26.8 Å². The lowest BCUT2D eigenvalue weighted by molar-refractivity contribution is -0.159. The molecule has 0 spiro atoms. The lowest BCUT2D eigenvalue weighted by atomic mass is 9.87. The number of imide groups is 1. The molecule has 0 aromatic heterocycles. The van der Waals surface area contributed by atoms with Crippen LogP contribution < -0.4 is 0 Å². The number of carbonyl (C=O) groups is 5. The third kappa shape index (κ3) is 11.2. The predicted octanol–water partition coefficient (Wildman–Crippen LogP) is 4.12. The molecule has 0 aliphatic carbocycles. The van der Waals surface area contributed by atoms with E-state index in [0.29, 0.717) is 30.8 Å². The van der Waals surface area contributed by atoms with E-state index in [2.05, 4.69) is 0 Å². The molecule has 1 N–H and O–H groups in total. The number of carbonyl (C=O) groups excluding carboxylic acids is 5. The Morgan fingerprint density at radius 3 is 2.34 bits per heavy atom. The molecule has 47 heavy (non-hydrogen) atoms. The Balaban J connectivity index is 1.97. The number of hydrogen-bond acceptors (Lipinski definition) is 10. The Morgan fingerprint density at radius 2 is 1.70 bits per heavy atom. The zero-order chi connectivity index (χ0) is 34.3. The summed E-state index contributed by atoms with van der Waals surface area (Å²) in [6, 6.07) is 15.4. The second kappa shape index (κ2) is 18.8. The third-order valence-electron chi connectivity index (χ3n) is 7.68. The number of aryl methyl sites for hydroxylation is 1. The van der Waals surface area contributed by atoms with Crippen LogP contribution >= 0.6 is 0 Å². The van der Waals surface area contributed by atoms with Gasteiger partial charge in [-0.05, 0) is 42.9 Å².